The van der Waals surface area contributed by atoms with Crippen molar-refractivity contribution in [3.8, 4) is 29.0 Å². The Bertz CT molecular complexity index is 3200. The molecule has 284 valence electrons. The normalized spacial score (nSPS) is 13.7. The van der Waals surface area contributed by atoms with Crippen molar-refractivity contribution in [2.24, 2.45) is 0 Å². The fourth-order valence-electron chi connectivity index (χ4n) is 9.96. The van der Waals surface area contributed by atoms with Gasteiger partial charge in [-0.25, -0.2) is 0 Å². The van der Waals surface area contributed by atoms with Crippen LogP contribution in [0.5, 0.6) is 0 Å². The highest BCUT2D eigenvalue weighted by molar-refractivity contribution is 6.09. The number of para-hydroxylation sites is 2. The van der Waals surface area contributed by atoms with E-state index in [-0.39, 0.29) is 0 Å². The van der Waals surface area contributed by atoms with Crippen molar-refractivity contribution in [1.29, 1.82) is 10.5 Å². The van der Waals surface area contributed by atoms with Gasteiger partial charge in [0.25, 0.3) is 0 Å². The summed E-state index contributed by atoms with van der Waals surface area (Å²) in [6.07, 6.45) is 8.53. The number of hydrogen-bond acceptors (Lipinski definition) is 2. The van der Waals surface area contributed by atoms with E-state index in [9.17, 15) is 10.5 Å². The summed E-state index contributed by atoms with van der Waals surface area (Å²) in [7, 11) is 0. The molecule has 0 saturated heterocycles. The van der Waals surface area contributed by atoms with Gasteiger partial charge in [0.2, 0.25) is 0 Å². The maximum Gasteiger partial charge on any atom is 0.0991 e. The molecule has 0 aliphatic heterocycles. The Kier molecular flexibility index (Phi) is 8.96. The van der Waals surface area contributed by atoms with Gasteiger partial charge in [0.1, 0.15) is 0 Å². The molecule has 0 amide bonds. The number of nitrogens with zero attached hydrogens (tertiary/aromatic N) is 4. The maximum atomic E-state index is 10.4. The van der Waals surface area contributed by atoms with Gasteiger partial charge >= 0.3 is 0 Å². The van der Waals surface area contributed by atoms with Crippen LogP contribution in [-0.4, -0.2) is 9.13 Å². The van der Waals surface area contributed by atoms with Gasteiger partial charge in [0.05, 0.1) is 45.2 Å². The molecule has 0 bridgehead atoms. The number of rotatable bonds is 5. The molecule has 0 unspecified atom stereocenters. The Labute approximate surface area is 346 Å². The summed E-state index contributed by atoms with van der Waals surface area (Å²) >= 11 is 0. The van der Waals surface area contributed by atoms with Crippen LogP contribution in [0.4, 0.5) is 0 Å². The molecule has 4 heteroatoms. The number of aromatic nitrogens is 2. The van der Waals surface area contributed by atoms with E-state index in [0.29, 0.717) is 11.1 Å². The van der Waals surface area contributed by atoms with Crippen molar-refractivity contribution in [3.05, 3.63) is 202 Å². The molecule has 4 nitrogen and oxygen atoms in total. The molecular formula is C55H44N4. The highest BCUT2D eigenvalue weighted by atomic mass is 15.0. The highest BCUT2D eigenvalue weighted by Crippen LogP contribution is 2.63. The monoisotopic (exact) mass is 760 g/mol. The second-order valence-corrected chi connectivity index (χ2v) is 15.3. The molecule has 0 atom stereocenters. The van der Waals surface area contributed by atoms with Crippen LogP contribution in [-0.2, 0) is 5.41 Å². The fraction of sp³-hybridized carbons (Fsp3) is 0.127. The zero-order valence-corrected chi connectivity index (χ0v) is 34.4. The molecule has 59 heavy (non-hydrogen) atoms. The minimum atomic E-state index is -0.842. The number of fused-ring (bicyclic) bond motifs is 11. The third-order valence-corrected chi connectivity index (χ3v) is 12.4. The first-order chi connectivity index (χ1) is 28.8. The van der Waals surface area contributed by atoms with Crippen LogP contribution in [0.15, 0.2) is 152 Å². The summed E-state index contributed by atoms with van der Waals surface area (Å²) < 4.78 is 4.70. The van der Waals surface area contributed by atoms with Gasteiger partial charge in [-0.05, 0) is 145 Å². The Balaban J connectivity index is 0.00000221. The van der Waals surface area contributed by atoms with E-state index in [0.717, 1.165) is 78.2 Å². The summed E-state index contributed by atoms with van der Waals surface area (Å²) in [5, 5.41) is 24.3. The van der Waals surface area contributed by atoms with E-state index < -0.39 is 5.41 Å². The predicted molar refractivity (Wildman–Crippen MR) is 247 cm³/mol. The number of nitriles is 2. The van der Waals surface area contributed by atoms with Crippen LogP contribution < -0.4 is 0 Å². The van der Waals surface area contributed by atoms with Gasteiger partial charge in [0, 0.05) is 38.8 Å². The minimum absolute atomic E-state index is 0.595. The highest BCUT2D eigenvalue weighted by Gasteiger charge is 2.52. The summed E-state index contributed by atoms with van der Waals surface area (Å²) in [5.74, 6) is 0. The molecule has 10 rings (SSSR count). The summed E-state index contributed by atoms with van der Waals surface area (Å²) in [4.78, 5) is 0. The molecule has 8 aromatic rings. The van der Waals surface area contributed by atoms with E-state index >= 15 is 0 Å². The van der Waals surface area contributed by atoms with Gasteiger partial charge in [0.15, 0.2) is 0 Å². The van der Waals surface area contributed by atoms with Crippen LogP contribution in [0.3, 0.4) is 0 Å². The van der Waals surface area contributed by atoms with Crippen LogP contribution in [0, 0.1) is 36.5 Å². The summed E-state index contributed by atoms with van der Waals surface area (Å²) in [6, 6.07) is 47.7. The standard InChI is InChI=1S/C53H38N4.C2H6/c1-6-12-40-34(5)56(50-15-10-8-13-43(40)50)37(7-2)28-46-33(4)39-24-20-38(57-51-16-11-9-14-44(51)45-21-17-32(3)25-52(45)57)29-49(39)53(46)47-26-35(30-54)18-22-41(47)42-23-19-36(31-55)27-48(42)53;1-2/h6-29H,2H2,1,3-5H3;1-2H3/b12-6-,37-28+;. The molecule has 0 radical (unpaired) electrons. The van der Waals surface area contributed by atoms with Gasteiger partial charge in [-0.2, -0.15) is 10.5 Å². The lowest BCUT2D eigenvalue weighted by Gasteiger charge is -2.32. The number of benzene rings is 6. The Morgan fingerprint density at radius 1 is 0.644 bits per heavy atom. The maximum absolute atomic E-state index is 10.4. The third-order valence-electron chi connectivity index (χ3n) is 12.4. The first-order valence-electron chi connectivity index (χ1n) is 20.4. The molecule has 0 saturated carbocycles. The zero-order valence-electron chi connectivity index (χ0n) is 34.4. The largest absolute Gasteiger partial charge is 0.313 e. The van der Waals surface area contributed by atoms with Crippen molar-refractivity contribution in [2.75, 3.05) is 0 Å². The molecule has 2 heterocycles. The average molecular weight is 761 g/mol. The lowest BCUT2D eigenvalue weighted by atomic mass is 9.69. The van der Waals surface area contributed by atoms with Crippen molar-refractivity contribution in [1.82, 2.24) is 9.13 Å². The van der Waals surface area contributed by atoms with Crippen molar-refractivity contribution in [3.63, 3.8) is 0 Å². The quantitative estimate of drug-likeness (QED) is 0.164. The molecule has 1 spiro atoms. The van der Waals surface area contributed by atoms with Crippen molar-refractivity contribution >= 4 is 50.1 Å². The Morgan fingerprint density at radius 2 is 1.24 bits per heavy atom. The number of allylic oxidation sites excluding steroid dienone is 6. The number of hydrogen-bond donors (Lipinski definition) is 0. The molecule has 0 N–H and O–H groups in total. The predicted octanol–water partition coefficient (Wildman–Crippen LogP) is 14.0. The second-order valence-electron chi connectivity index (χ2n) is 15.3. The number of aryl methyl sites for hydroxylation is 1. The van der Waals surface area contributed by atoms with Gasteiger partial charge in [-0.15, -0.1) is 0 Å². The van der Waals surface area contributed by atoms with E-state index in [1.807, 2.05) is 32.1 Å². The lowest BCUT2D eigenvalue weighted by Crippen LogP contribution is -2.27. The smallest absolute Gasteiger partial charge is 0.0991 e. The van der Waals surface area contributed by atoms with Crippen LogP contribution in [0.1, 0.15) is 77.9 Å². The Hall–Kier alpha value is -7.40. The molecule has 0 fully saturated rings. The average Bonchev–Trinajstić information content (AvgIpc) is 3.93. The third kappa shape index (κ3) is 5.20. The van der Waals surface area contributed by atoms with Crippen molar-refractivity contribution < 1.29 is 0 Å². The fourth-order valence-corrected chi connectivity index (χ4v) is 9.96. The van der Waals surface area contributed by atoms with E-state index in [2.05, 4.69) is 183 Å². The molecule has 2 aliphatic rings. The second kappa shape index (κ2) is 14.2. The van der Waals surface area contributed by atoms with E-state index in [4.69, 9.17) is 0 Å². The molecule has 6 aromatic carbocycles. The Morgan fingerprint density at radius 3 is 1.88 bits per heavy atom. The van der Waals surface area contributed by atoms with E-state index in [1.54, 1.807) is 0 Å². The van der Waals surface area contributed by atoms with Gasteiger partial charge in [-0.3, -0.25) is 0 Å². The minimum Gasteiger partial charge on any atom is -0.313 e. The SMILES string of the molecule is C=C/C(=C\C1=C(C)c2ccc(-n3c4ccccc4c4ccc(C)cc43)cc2C12c1cc(C#N)ccc1-c1ccc(C#N)cc12)n1c(C)c(/C=C\C)c2ccccc21.CC. The summed E-state index contributed by atoms with van der Waals surface area (Å²) in [6.45, 7) is 17.0. The summed E-state index contributed by atoms with van der Waals surface area (Å²) in [5.41, 5.74) is 17.9. The molecular weight excluding hydrogens is 717 g/mol. The van der Waals surface area contributed by atoms with Crippen LogP contribution in [0.2, 0.25) is 0 Å². The van der Waals surface area contributed by atoms with E-state index in [1.165, 1.54) is 27.3 Å². The van der Waals surface area contributed by atoms with Crippen molar-refractivity contribution in [2.45, 2.75) is 47.0 Å². The molecule has 2 aliphatic carbocycles. The molecule has 2 aromatic heterocycles. The van der Waals surface area contributed by atoms with Gasteiger partial charge < -0.3 is 9.13 Å². The lowest BCUT2D eigenvalue weighted by molar-refractivity contribution is 0.783. The first-order valence-corrected chi connectivity index (χ1v) is 20.4. The van der Waals surface area contributed by atoms with Crippen LogP contribution >= 0.6 is 0 Å². The zero-order chi connectivity index (χ0) is 41.2. The first kappa shape index (κ1) is 37.2. The topological polar surface area (TPSA) is 57.4 Å². The van der Waals surface area contributed by atoms with Gasteiger partial charge in [-0.1, -0.05) is 99.3 Å². The van der Waals surface area contributed by atoms with Crippen LogP contribution in [0.25, 0.3) is 66.9 Å².